The number of halogens is 1. The van der Waals surface area contributed by atoms with E-state index < -0.39 is 6.04 Å². The highest BCUT2D eigenvalue weighted by Gasteiger charge is 2.26. The zero-order chi connectivity index (χ0) is 14.6. The molecule has 19 heavy (non-hydrogen) atoms. The van der Waals surface area contributed by atoms with Crippen molar-refractivity contribution in [3.8, 4) is 0 Å². The van der Waals surface area contributed by atoms with Gasteiger partial charge < -0.3 is 10.6 Å². The highest BCUT2D eigenvalue weighted by molar-refractivity contribution is 5.82. The van der Waals surface area contributed by atoms with E-state index in [4.69, 9.17) is 5.73 Å². The molecule has 1 rings (SSSR count). The molecule has 0 fully saturated rings. The number of hydrogen-bond donors (Lipinski definition) is 1. The van der Waals surface area contributed by atoms with E-state index in [1.165, 1.54) is 6.07 Å². The first-order valence-corrected chi connectivity index (χ1v) is 6.64. The molecule has 1 aromatic rings. The van der Waals surface area contributed by atoms with Crippen LogP contribution in [0.5, 0.6) is 0 Å². The van der Waals surface area contributed by atoms with Crippen LogP contribution in [0, 0.1) is 11.7 Å². The van der Waals surface area contributed by atoms with Crippen molar-refractivity contribution < 1.29 is 9.18 Å². The maximum Gasteiger partial charge on any atom is 0.240 e. The average molecular weight is 266 g/mol. The number of benzene rings is 1. The maximum atomic E-state index is 13.7. The van der Waals surface area contributed by atoms with Gasteiger partial charge in [-0.05, 0) is 25.8 Å². The zero-order valence-electron chi connectivity index (χ0n) is 12.1. The summed E-state index contributed by atoms with van der Waals surface area (Å²) in [6, 6.07) is 5.94. The van der Waals surface area contributed by atoms with E-state index in [2.05, 4.69) is 0 Å². The minimum Gasteiger partial charge on any atom is -0.334 e. The Morgan fingerprint density at radius 2 is 1.84 bits per heavy atom. The molecular weight excluding hydrogens is 243 g/mol. The van der Waals surface area contributed by atoms with E-state index in [1.807, 2.05) is 27.7 Å². The molecule has 3 nitrogen and oxygen atoms in total. The van der Waals surface area contributed by atoms with Crippen molar-refractivity contribution in [2.24, 2.45) is 11.7 Å². The van der Waals surface area contributed by atoms with E-state index in [0.717, 1.165) is 0 Å². The standard InChI is InChI=1S/C15H23FN2O/c1-10(2)14(17)15(19)18(11(3)4)9-12-7-5-6-8-13(12)16/h5-8,10-11,14H,9,17H2,1-4H3. The average Bonchev–Trinajstić information content (AvgIpc) is 2.35. The predicted octanol–water partition coefficient (Wildman–Crippen LogP) is 2.55. The largest absolute Gasteiger partial charge is 0.334 e. The molecule has 4 heteroatoms. The minimum absolute atomic E-state index is 0.0168. The van der Waals surface area contributed by atoms with E-state index in [-0.39, 0.29) is 30.2 Å². The minimum atomic E-state index is -0.547. The second-order valence-corrected chi connectivity index (χ2v) is 5.42. The zero-order valence-corrected chi connectivity index (χ0v) is 12.1. The van der Waals surface area contributed by atoms with Gasteiger partial charge in [0.15, 0.2) is 0 Å². The van der Waals surface area contributed by atoms with Crippen LogP contribution >= 0.6 is 0 Å². The molecule has 1 atom stereocenters. The van der Waals surface area contributed by atoms with Crippen molar-refractivity contribution in [2.45, 2.75) is 46.3 Å². The monoisotopic (exact) mass is 266 g/mol. The highest BCUT2D eigenvalue weighted by Crippen LogP contribution is 2.14. The van der Waals surface area contributed by atoms with E-state index in [9.17, 15) is 9.18 Å². The Labute approximate surface area is 114 Å². The topological polar surface area (TPSA) is 46.3 Å². The second kappa shape index (κ2) is 6.66. The summed E-state index contributed by atoms with van der Waals surface area (Å²) in [5.41, 5.74) is 6.42. The first kappa shape index (κ1) is 15.6. The lowest BCUT2D eigenvalue weighted by atomic mass is 10.0. The number of carbonyl (C=O) groups is 1. The molecule has 0 radical (unpaired) electrons. The summed E-state index contributed by atoms with van der Waals surface area (Å²) in [6.07, 6.45) is 0. The number of nitrogens with two attached hydrogens (primary N) is 1. The van der Waals surface area contributed by atoms with Crippen molar-refractivity contribution >= 4 is 5.91 Å². The number of nitrogens with zero attached hydrogens (tertiary/aromatic N) is 1. The van der Waals surface area contributed by atoms with Gasteiger partial charge in [-0.3, -0.25) is 4.79 Å². The summed E-state index contributed by atoms with van der Waals surface area (Å²) >= 11 is 0. The second-order valence-electron chi connectivity index (χ2n) is 5.42. The molecule has 0 aliphatic carbocycles. The van der Waals surface area contributed by atoms with Crippen LogP contribution in [0.2, 0.25) is 0 Å². The van der Waals surface area contributed by atoms with Crippen LogP contribution in [-0.2, 0) is 11.3 Å². The molecule has 1 amide bonds. The van der Waals surface area contributed by atoms with Gasteiger partial charge in [0.2, 0.25) is 5.91 Å². The summed E-state index contributed by atoms with van der Waals surface area (Å²) in [4.78, 5) is 13.9. The molecule has 0 saturated heterocycles. The lowest BCUT2D eigenvalue weighted by Gasteiger charge is -2.30. The summed E-state index contributed by atoms with van der Waals surface area (Å²) in [5.74, 6) is -0.360. The summed E-state index contributed by atoms with van der Waals surface area (Å²) in [5, 5.41) is 0. The van der Waals surface area contributed by atoms with Crippen LogP contribution in [0.15, 0.2) is 24.3 Å². The number of amides is 1. The molecule has 1 aromatic carbocycles. The van der Waals surface area contributed by atoms with Crippen LogP contribution in [0.4, 0.5) is 4.39 Å². The van der Waals surface area contributed by atoms with Crippen molar-refractivity contribution in [1.29, 1.82) is 0 Å². The smallest absolute Gasteiger partial charge is 0.240 e. The Morgan fingerprint density at radius 3 is 2.32 bits per heavy atom. The Kier molecular flexibility index (Phi) is 5.48. The fourth-order valence-corrected chi connectivity index (χ4v) is 1.80. The molecule has 0 bridgehead atoms. The third kappa shape index (κ3) is 4.03. The quantitative estimate of drug-likeness (QED) is 0.890. The first-order valence-electron chi connectivity index (χ1n) is 6.64. The van der Waals surface area contributed by atoms with E-state index in [1.54, 1.807) is 23.1 Å². The molecule has 0 aromatic heterocycles. The fourth-order valence-electron chi connectivity index (χ4n) is 1.80. The maximum absolute atomic E-state index is 13.7. The van der Waals surface area contributed by atoms with Crippen molar-refractivity contribution in [2.75, 3.05) is 0 Å². The van der Waals surface area contributed by atoms with Gasteiger partial charge in [0.05, 0.1) is 6.04 Å². The van der Waals surface area contributed by atoms with Crippen LogP contribution < -0.4 is 5.73 Å². The predicted molar refractivity (Wildman–Crippen MR) is 74.9 cm³/mol. The Morgan fingerprint density at radius 1 is 1.26 bits per heavy atom. The van der Waals surface area contributed by atoms with Crippen molar-refractivity contribution in [1.82, 2.24) is 4.90 Å². The van der Waals surface area contributed by atoms with Gasteiger partial charge in [-0.2, -0.15) is 0 Å². The van der Waals surface area contributed by atoms with Crippen LogP contribution in [-0.4, -0.2) is 22.9 Å². The molecule has 0 aliphatic heterocycles. The van der Waals surface area contributed by atoms with Gasteiger partial charge in [-0.25, -0.2) is 4.39 Å². The van der Waals surface area contributed by atoms with E-state index in [0.29, 0.717) is 5.56 Å². The molecule has 106 valence electrons. The van der Waals surface area contributed by atoms with Crippen LogP contribution in [0.25, 0.3) is 0 Å². The normalized spacial score (nSPS) is 12.8. The number of rotatable bonds is 5. The van der Waals surface area contributed by atoms with Gasteiger partial charge in [0, 0.05) is 18.2 Å². The van der Waals surface area contributed by atoms with Crippen molar-refractivity contribution in [3.05, 3.63) is 35.6 Å². The Bertz CT molecular complexity index is 432. The lowest BCUT2D eigenvalue weighted by Crippen LogP contribution is -2.48. The van der Waals surface area contributed by atoms with Gasteiger partial charge in [-0.15, -0.1) is 0 Å². The molecule has 2 N–H and O–H groups in total. The fraction of sp³-hybridized carbons (Fsp3) is 0.533. The van der Waals surface area contributed by atoms with Gasteiger partial charge >= 0.3 is 0 Å². The highest BCUT2D eigenvalue weighted by atomic mass is 19.1. The Hall–Kier alpha value is -1.42. The van der Waals surface area contributed by atoms with Crippen LogP contribution in [0.3, 0.4) is 0 Å². The lowest BCUT2D eigenvalue weighted by molar-refractivity contribution is -0.136. The molecular formula is C15H23FN2O. The molecule has 0 heterocycles. The third-order valence-corrected chi connectivity index (χ3v) is 3.21. The Balaban J connectivity index is 2.91. The van der Waals surface area contributed by atoms with Gasteiger partial charge in [-0.1, -0.05) is 32.0 Å². The third-order valence-electron chi connectivity index (χ3n) is 3.21. The first-order chi connectivity index (χ1) is 8.84. The van der Waals surface area contributed by atoms with Gasteiger partial charge in [0.25, 0.3) is 0 Å². The SMILES string of the molecule is CC(C)C(N)C(=O)N(Cc1ccccc1F)C(C)C. The van der Waals surface area contributed by atoms with Crippen LogP contribution in [0.1, 0.15) is 33.3 Å². The number of hydrogen-bond acceptors (Lipinski definition) is 2. The molecule has 0 saturated carbocycles. The molecule has 0 aliphatic rings. The molecule has 0 spiro atoms. The number of carbonyl (C=O) groups excluding carboxylic acids is 1. The summed E-state index contributed by atoms with van der Waals surface area (Å²) in [6.45, 7) is 7.88. The van der Waals surface area contributed by atoms with Crippen molar-refractivity contribution in [3.63, 3.8) is 0 Å². The summed E-state index contributed by atoms with van der Waals surface area (Å²) < 4.78 is 13.7. The van der Waals surface area contributed by atoms with Gasteiger partial charge in [0.1, 0.15) is 5.82 Å². The molecule has 1 unspecified atom stereocenters. The summed E-state index contributed by atoms with van der Waals surface area (Å²) in [7, 11) is 0. The van der Waals surface area contributed by atoms with E-state index >= 15 is 0 Å².